The van der Waals surface area contributed by atoms with E-state index < -0.39 is 5.91 Å². The van der Waals surface area contributed by atoms with Crippen LogP contribution in [0.1, 0.15) is 21.8 Å². The molecule has 27 heavy (non-hydrogen) atoms. The maximum Gasteiger partial charge on any atom is 0.316 e. The summed E-state index contributed by atoms with van der Waals surface area (Å²) < 4.78 is 6.66. The summed E-state index contributed by atoms with van der Waals surface area (Å²) >= 11 is 0. The number of carbonyl (C=O) groups excluding carboxylic acids is 1. The number of nitrogens with zero attached hydrogens (tertiary/aromatic N) is 5. The van der Waals surface area contributed by atoms with Crippen LogP contribution < -0.4 is 5.32 Å². The largest absolute Gasteiger partial charge is 0.344 e. The lowest BCUT2D eigenvalue weighted by atomic mass is 10.2. The lowest BCUT2D eigenvalue weighted by Crippen LogP contribution is -2.23. The van der Waals surface area contributed by atoms with Gasteiger partial charge in [0.15, 0.2) is 5.69 Å². The average Bonchev–Trinajstić information content (AvgIpc) is 3.37. The number of hydrogen-bond acceptors (Lipinski definition) is 6. The molecule has 1 amide bonds. The van der Waals surface area contributed by atoms with Gasteiger partial charge in [0.2, 0.25) is 5.82 Å². The van der Waals surface area contributed by atoms with Gasteiger partial charge < -0.3 is 9.84 Å². The Balaban J connectivity index is 1.46. The van der Waals surface area contributed by atoms with Gasteiger partial charge in [0.25, 0.3) is 0 Å². The minimum Gasteiger partial charge on any atom is -0.344 e. The van der Waals surface area contributed by atoms with Crippen molar-refractivity contribution < 1.29 is 9.32 Å². The van der Waals surface area contributed by atoms with Crippen molar-refractivity contribution in [2.45, 2.75) is 13.5 Å². The Kier molecular flexibility index (Phi) is 4.44. The molecule has 0 radical (unpaired) electrons. The fourth-order valence-electron chi connectivity index (χ4n) is 2.46. The molecule has 0 saturated carbocycles. The van der Waals surface area contributed by atoms with E-state index in [-0.39, 0.29) is 11.7 Å². The molecule has 0 spiro atoms. The van der Waals surface area contributed by atoms with E-state index in [1.165, 1.54) is 0 Å². The van der Waals surface area contributed by atoms with Crippen LogP contribution in [0.3, 0.4) is 0 Å². The molecular formula is C19H16N6O2. The molecule has 0 atom stereocenters. The average molecular weight is 360 g/mol. The van der Waals surface area contributed by atoms with E-state index in [9.17, 15) is 4.79 Å². The van der Waals surface area contributed by atoms with Gasteiger partial charge in [-0.15, -0.1) is 5.10 Å². The number of benzene rings is 2. The van der Waals surface area contributed by atoms with Crippen LogP contribution >= 0.6 is 0 Å². The summed E-state index contributed by atoms with van der Waals surface area (Å²) in [6.07, 6.45) is 1.68. The molecule has 8 heteroatoms. The van der Waals surface area contributed by atoms with Gasteiger partial charge in [0.1, 0.15) is 0 Å². The number of nitrogens with one attached hydrogen (secondary N) is 1. The fourth-order valence-corrected chi connectivity index (χ4v) is 2.46. The second-order valence-electron chi connectivity index (χ2n) is 5.98. The molecule has 0 fully saturated rings. The zero-order chi connectivity index (χ0) is 18.6. The van der Waals surface area contributed by atoms with E-state index in [1.54, 1.807) is 10.9 Å². The number of rotatable bonds is 5. The second kappa shape index (κ2) is 7.20. The van der Waals surface area contributed by atoms with Crippen molar-refractivity contribution in [2.24, 2.45) is 0 Å². The predicted molar refractivity (Wildman–Crippen MR) is 97.0 cm³/mol. The van der Waals surface area contributed by atoms with E-state index in [0.717, 1.165) is 16.8 Å². The molecule has 134 valence electrons. The lowest BCUT2D eigenvalue weighted by molar-refractivity contribution is 0.0907. The maximum absolute atomic E-state index is 12.2. The van der Waals surface area contributed by atoms with Crippen molar-refractivity contribution in [3.63, 3.8) is 0 Å². The highest BCUT2D eigenvalue weighted by molar-refractivity contribution is 5.89. The van der Waals surface area contributed by atoms with E-state index in [4.69, 9.17) is 4.52 Å². The Morgan fingerprint density at radius 3 is 2.67 bits per heavy atom. The summed E-state index contributed by atoms with van der Waals surface area (Å²) in [6.45, 7) is 2.39. The smallest absolute Gasteiger partial charge is 0.316 e. The van der Waals surface area contributed by atoms with Crippen molar-refractivity contribution in [1.82, 2.24) is 30.5 Å². The molecule has 0 aliphatic heterocycles. The van der Waals surface area contributed by atoms with E-state index in [2.05, 4.69) is 25.8 Å². The third kappa shape index (κ3) is 3.74. The van der Waals surface area contributed by atoms with Gasteiger partial charge in [-0.1, -0.05) is 58.4 Å². The van der Waals surface area contributed by atoms with Crippen molar-refractivity contribution in [3.05, 3.63) is 77.8 Å². The molecule has 4 aromatic rings. The van der Waals surface area contributed by atoms with Gasteiger partial charge in [-0.05, 0) is 24.6 Å². The highest BCUT2D eigenvalue weighted by atomic mass is 16.5. The third-order valence-electron chi connectivity index (χ3n) is 3.94. The summed E-state index contributed by atoms with van der Waals surface area (Å²) in [6, 6.07) is 17.4. The quantitative estimate of drug-likeness (QED) is 0.587. The van der Waals surface area contributed by atoms with Gasteiger partial charge in [-0.25, -0.2) is 4.68 Å². The van der Waals surface area contributed by atoms with Crippen molar-refractivity contribution in [2.75, 3.05) is 0 Å². The summed E-state index contributed by atoms with van der Waals surface area (Å²) in [5, 5.41) is 14.7. The van der Waals surface area contributed by atoms with Crippen LogP contribution in [-0.4, -0.2) is 31.0 Å². The van der Waals surface area contributed by atoms with Crippen LogP contribution in [0, 0.1) is 6.92 Å². The summed E-state index contributed by atoms with van der Waals surface area (Å²) in [7, 11) is 0. The van der Waals surface area contributed by atoms with E-state index >= 15 is 0 Å². The summed E-state index contributed by atoms with van der Waals surface area (Å²) in [5.74, 6) is -0.354. The molecule has 2 aromatic heterocycles. The minimum atomic E-state index is -0.441. The van der Waals surface area contributed by atoms with Crippen LogP contribution in [0.4, 0.5) is 0 Å². The maximum atomic E-state index is 12.2. The number of amides is 1. The standard InChI is InChI=1S/C19H16N6O2/c1-13-7-9-15(10-8-13)25-12-16(22-24-25)17-21-19(27-23-17)18(26)20-11-14-5-3-2-4-6-14/h2-10,12H,11H2,1H3,(H,20,26). The topological polar surface area (TPSA) is 98.7 Å². The molecule has 0 aliphatic rings. The monoisotopic (exact) mass is 360 g/mol. The zero-order valence-corrected chi connectivity index (χ0v) is 14.5. The molecule has 2 heterocycles. The van der Waals surface area contributed by atoms with Crippen molar-refractivity contribution in [3.8, 4) is 17.2 Å². The van der Waals surface area contributed by atoms with Gasteiger partial charge >= 0.3 is 11.8 Å². The minimum absolute atomic E-state index is 0.120. The molecule has 4 rings (SSSR count). The Bertz CT molecular complexity index is 1050. The summed E-state index contributed by atoms with van der Waals surface area (Å²) in [5.41, 5.74) is 3.42. The second-order valence-corrected chi connectivity index (χ2v) is 5.98. The third-order valence-corrected chi connectivity index (χ3v) is 3.94. The SMILES string of the molecule is Cc1ccc(-n2cc(-c3noc(C(=O)NCc4ccccc4)n3)nn2)cc1. The van der Waals surface area contributed by atoms with Gasteiger partial charge in [0.05, 0.1) is 11.9 Å². The van der Waals surface area contributed by atoms with Gasteiger partial charge in [-0.2, -0.15) is 4.98 Å². The van der Waals surface area contributed by atoms with E-state index in [1.807, 2.05) is 61.5 Å². The number of aryl methyl sites for hydroxylation is 1. The highest BCUT2D eigenvalue weighted by Gasteiger charge is 2.18. The Morgan fingerprint density at radius 1 is 1.11 bits per heavy atom. The molecular weight excluding hydrogens is 344 g/mol. The van der Waals surface area contributed by atoms with Crippen LogP contribution in [0.5, 0.6) is 0 Å². The van der Waals surface area contributed by atoms with Crippen LogP contribution in [-0.2, 0) is 6.54 Å². The molecule has 0 aliphatic carbocycles. The van der Waals surface area contributed by atoms with Crippen LogP contribution in [0.25, 0.3) is 17.2 Å². The van der Waals surface area contributed by atoms with Gasteiger partial charge in [0, 0.05) is 6.54 Å². The predicted octanol–water partition coefficient (Wildman–Crippen LogP) is 2.56. The first-order valence-corrected chi connectivity index (χ1v) is 8.34. The van der Waals surface area contributed by atoms with Crippen LogP contribution in [0.15, 0.2) is 65.3 Å². The van der Waals surface area contributed by atoms with Crippen molar-refractivity contribution in [1.29, 1.82) is 0 Å². The molecule has 1 N–H and O–H groups in total. The number of hydrogen-bond donors (Lipinski definition) is 1. The van der Waals surface area contributed by atoms with E-state index in [0.29, 0.717) is 12.2 Å². The van der Waals surface area contributed by atoms with Crippen LogP contribution in [0.2, 0.25) is 0 Å². The van der Waals surface area contributed by atoms with Crippen molar-refractivity contribution >= 4 is 5.91 Å². The summed E-state index contributed by atoms with van der Waals surface area (Å²) in [4.78, 5) is 16.3. The lowest BCUT2D eigenvalue weighted by Gasteiger charge is -2.01. The normalized spacial score (nSPS) is 10.7. The Labute approximate surface area is 154 Å². The number of carbonyl (C=O) groups is 1. The number of aromatic nitrogens is 5. The fraction of sp³-hybridized carbons (Fsp3) is 0.105. The molecule has 2 aromatic carbocycles. The molecule has 0 saturated heterocycles. The molecule has 0 unspecified atom stereocenters. The molecule has 0 bridgehead atoms. The first kappa shape index (κ1) is 16.6. The zero-order valence-electron chi connectivity index (χ0n) is 14.5. The first-order valence-electron chi connectivity index (χ1n) is 8.34. The first-order chi connectivity index (χ1) is 13.2. The highest BCUT2D eigenvalue weighted by Crippen LogP contribution is 2.15. The molecule has 8 nitrogen and oxygen atoms in total. The Morgan fingerprint density at radius 2 is 1.89 bits per heavy atom. The Hall–Kier alpha value is -3.81. The van der Waals surface area contributed by atoms with Gasteiger partial charge in [-0.3, -0.25) is 4.79 Å².